The van der Waals surface area contributed by atoms with Crippen LogP contribution in [-0.2, 0) is 10.0 Å². The molecule has 0 spiro atoms. The smallest absolute Gasteiger partial charge is 0.265 e. The van der Waals surface area contributed by atoms with Gasteiger partial charge in [0.05, 0.1) is 22.3 Å². The Labute approximate surface area is 129 Å². The molecule has 0 saturated carbocycles. The van der Waals surface area contributed by atoms with Crippen molar-refractivity contribution in [3.05, 3.63) is 58.6 Å². The van der Waals surface area contributed by atoms with Crippen LogP contribution < -0.4 is 4.31 Å². The first kappa shape index (κ1) is 15.4. The lowest BCUT2D eigenvalue weighted by Crippen LogP contribution is -2.27. The van der Waals surface area contributed by atoms with E-state index in [0.29, 0.717) is 5.69 Å². The number of para-hydroxylation sites is 1. The molecule has 2 aromatic carbocycles. The van der Waals surface area contributed by atoms with Gasteiger partial charge in [0, 0.05) is 7.05 Å². The quantitative estimate of drug-likeness (QED) is 0.871. The number of rotatable bonds is 3. The summed E-state index contributed by atoms with van der Waals surface area (Å²) >= 11 is 5.99. The van der Waals surface area contributed by atoms with Crippen molar-refractivity contribution in [1.29, 1.82) is 5.26 Å². The number of nitrogens with zero attached hydrogens (tertiary/aromatic N) is 2. The van der Waals surface area contributed by atoms with E-state index in [1.807, 2.05) is 25.1 Å². The molecule has 0 atom stereocenters. The van der Waals surface area contributed by atoms with Crippen LogP contribution in [0.2, 0.25) is 5.02 Å². The third kappa shape index (κ3) is 2.87. The van der Waals surface area contributed by atoms with Gasteiger partial charge in [0.25, 0.3) is 10.0 Å². The molecule has 0 aliphatic heterocycles. The van der Waals surface area contributed by atoms with Crippen LogP contribution >= 0.6 is 11.6 Å². The Morgan fingerprint density at radius 2 is 1.86 bits per heavy atom. The Balaban J connectivity index is 2.58. The maximum absolute atomic E-state index is 12.7. The van der Waals surface area contributed by atoms with E-state index in [9.17, 15) is 8.42 Å². The van der Waals surface area contributed by atoms with Gasteiger partial charge in [-0.15, -0.1) is 0 Å². The SMILES string of the molecule is Cc1ccccc1N(C)S(=O)(=O)c1cc(C#N)ccc1Cl. The molecule has 4 nitrogen and oxygen atoms in total. The molecule has 0 bridgehead atoms. The fourth-order valence-corrected chi connectivity index (χ4v) is 3.72. The zero-order valence-corrected chi connectivity index (χ0v) is 13.1. The Morgan fingerprint density at radius 1 is 1.19 bits per heavy atom. The first-order valence-electron chi connectivity index (χ1n) is 6.12. The molecule has 0 fully saturated rings. The Kier molecular flexibility index (Phi) is 4.21. The van der Waals surface area contributed by atoms with E-state index >= 15 is 0 Å². The minimum Gasteiger partial charge on any atom is -0.269 e. The third-order valence-electron chi connectivity index (χ3n) is 3.15. The monoisotopic (exact) mass is 320 g/mol. The van der Waals surface area contributed by atoms with Gasteiger partial charge >= 0.3 is 0 Å². The van der Waals surface area contributed by atoms with Crippen molar-refractivity contribution in [2.75, 3.05) is 11.4 Å². The molecular formula is C15H13ClN2O2S. The van der Waals surface area contributed by atoms with E-state index in [1.54, 1.807) is 12.1 Å². The van der Waals surface area contributed by atoms with Crippen molar-refractivity contribution in [2.45, 2.75) is 11.8 Å². The third-order valence-corrected chi connectivity index (χ3v) is 5.41. The van der Waals surface area contributed by atoms with E-state index in [-0.39, 0.29) is 15.5 Å². The maximum atomic E-state index is 12.7. The summed E-state index contributed by atoms with van der Waals surface area (Å²) in [7, 11) is -2.36. The Hall–Kier alpha value is -2.03. The van der Waals surface area contributed by atoms with E-state index in [1.165, 1.54) is 29.6 Å². The predicted molar refractivity (Wildman–Crippen MR) is 82.9 cm³/mol. The lowest BCUT2D eigenvalue weighted by atomic mass is 10.2. The van der Waals surface area contributed by atoms with Crippen molar-refractivity contribution in [2.24, 2.45) is 0 Å². The molecule has 0 aromatic heterocycles. The van der Waals surface area contributed by atoms with Crippen LogP contribution in [0.4, 0.5) is 5.69 Å². The average molecular weight is 321 g/mol. The highest BCUT2D eigenvalue weighted by molar-refractivity contribution is 7.93. The second-order valence-corrected chi connectivity index (χ2v) is 6.86. The summed E-state index contributed by atoms with van der Waals surface area (Å²) in [6.45, 7) is 1.83. The predicted octanol–water partition coefficient (Wildman–Crippen LogP) is 3.35. The molecule has 0 radical (unpaired) electrons. The van der Waals surface area contributed by atoms with Crippen LogP contribution in [0, 0.1) is 18.3 Å². The van der Waals surface area contributed by atoms with Gasteiger partial charge in [-0.05, 0) is 36.8 Å². The number of halogens is 1. The number of anilines is 1. The van der Waals surface area contributed by atoms with Crippen LogP contribution in [0.25, 0.3) is 0 Å². The molecule has 0 saturated heterocycles. The van der Waals surface area contributed by atoms with Gasteiger partial charge in [0.1, 0.15) is 4.90 Å². The molecule has 0 heterocycles. The van der Waals surface area contributed by atoms with E-state index in [2.05, 4.69) is 0 Å². The van der Waals surface area contributed by atoms with Crippen LogP contribution in [0.1, 0.15) is 11.1 Å². The average Bonchev–Trinajstić information content (AvgIpc) is 2.47. The molecule has 0 aliphatic rings. The molecule has 21 heavy (non-hydrogen) atoms. The molecule has 0 unspecified atom stereocenters. The van der Waals surface area contributed by atoms with E-state index in [4.69, 9.17) is 16.9 Å². The van der Waals surface area contributed by atoms with Gasteiger partial charge in [-0.25, -0.2) is 8.42 Å². The summed E-state index contributed by atoms with van der Waals surface area (Å²) in [5.41, 5.74) is 1.64. The van der Waals surface area contributed by atoms with Gasteiger partial charge < -0.3 is 0 Å². The van der Waals surface area contributed by atoms with Crippen molar-refractivity contribution < 1.29 is 8.42 Å². The van der Waals surface area contributed by atoms with Gasteiger partial charge in [-0.3, -0.25) is 4.31 Å². The summed E-state index contributed by atoms with van der Waals surface area (Å²) in [5.74, 6) is 0. The first-order chi connectivity index (χ1) is 9.87. The summed E-state index contributed by atoms with van der Waals surface area (Å²) in [6, 6.07) is 13.2. The van der Waals surface area contributed by atoms with Crippen molar-refractivity contribution in [3.8, 4) is 6.07 Å². The van der Waals surface area contributed by atoms with Crippen LogP contribution in [0.5, 0.6) is 0 Å². The van der Waals surface area contributed by atoms with Gasteiger partial charge in [-0.2, -0.15) is 5.26 Å². The van der Waals surface area contributed by atoms with Crippen molar-refractivity contribution in [1.82, 2.24) is 0 Å². The maximum Gasteiger partial charge on any atom is 0.265 e. The number of benzene rings is 2. The highest BCUT2D eigenvalue weighted by Crippen LogP contribution is 2.29. The summed E-state index contributed by atoms with van der Waals surface area (Å²) in [4.78, 5) is -0.0750. The zero-order chi connectivity index (χ0) is 15.6. The summed E-state index contributed by atoms with van der Waals surface area (Å²) in [6.07, 6.45) is 0. The number of nitriles is 1. The molecule has 108 valence electrons. The molecule has 0 N–H and O–H groups in total. The van der Waals surface area contributed by atoms with Crippen LogP contribution in [0.3, 0.4) is 0 Å². The van der Waals surface area contributed by atoms with Gasteiger partial charge in [0.2, 0.25) is 0 Å². The molecule has 6 heteroatoms. The van der Waals surface area contributed by atoms with Crippen LogP contribution in [0.15, 0.2) is 47.4 Å². The highest BCUT2D eigenvalue weighted by Gasteiger charge is 2.25. The zero-order valence-electron chi connectivity index (χ0n) is 11.5. The van der Waals surface area contributed by atoms with E-state index < -0.39 is 10.0 Å². The molecule has 2 aromatic rings. The summed E-state index contributed by atoms with van der Waals surface area (Å²) < 4.78 is 26.6. The Morgan fingerprint density at radius 3 is 2.48 bits per heavy atom. The lowest BCUT2D eigenvalue weighted by Gasteiger charge is -2.22. The first-order valence-corrected chi connectivity index (χ1v) is 7.94. The lowest BCUT2D eigenvalue weighted by molar-refractivity contribution is 0.594. The minimum atomic E-state index is -3.83. The standard InChI is InChI=1S/C15H13ClN2O2S/c1-11-5-3-4-6-14(11)18(2)21(19,20)15-9-12(10-17)7-8-13(15)16/h3-9H,1-2H3. The van der Waals surface area contributed by atoms with Gasteiger partial charge in [-0.1, -0.05) is 29.8 Å². The normalized spacial score (nSPS) is 11.0. The second-order valence-electron chi connectivity index (χ2n) is 4.52. The molecule has 0 amide bonds. The fraction of sp³-hybridized carbons (Fsp3) is 0.133. The number of aryl methyl sites for hydroxylation is 1. The van der Waals surface area contributed by atoms with Gasteiger partial charge in [0.15, 0.2) is 0 Å². The number of sulfonamides is 1. The van der Waals surface area contributed by atoms with Crippen molar-refractivity contribution >= 4 is 27.3 Å². The van der Waals surface area contributed by atoms with Crippen LogP contribution in [-0.4, -0.2) is 15.5 Å². The van der Waals surface area contributed by atoms with E-state index in [0.717, 1.165) is 5.56 Å². The van der Waals surface area contributed by atoms with Crippen molar-refractivity contribution in [3.63, 3.8) is 0 Å². The topological polar surface area (TPSA) is 61.2 Å². The minimum absolute atomic E-state index is 0.0750. The fourth-order valence-electron chi connectivity index (χ4n) is 1.96. The molecular weight excluding hydrogens is 308 g/mol. The molecule has 0 aliphatic carbocycles. The Bertz CT molecular complexity index is 826. The number of hydrogen-bond acceptors (Lipinski definition) is 3. The molecule has 2 rings (SSSR count). The largest absolute Gasteiger partial charge is 0.269 e. The second kappa shape index (κ2) is 5.76. The summed E-state index contributed by atoms with van der Waals surface area (Å²) in [5, 5.41) is 9.01. The highest BCUT2D eigenvalue weighted by atomic mass is 35.5. The number of hydrogen-bond donors (Lipinski definition) is 0.